The maximum absolute atomic E-state index is 11.8. The Bertz CT molecular complexity index is 318. The van der Waals surface area contributed by atoms with E-state index in [1.807, 2.05) is 6.92 Å². The van der Waals surface area contributed by atoms with Gasteiger partial charge < -0.3 is 9.73 Å². The average Bonchev–Trinajstić information content (AvgIpc) is 2.44. The van der Waals surface area contributed by atoms with Crippen LogP contribution in [0, 0.1) is 13.8 Å². The fraction of sp³-hybridized carbons (Fsp3) is 0.667. The summed E-state index contributed by atoms with van der Waals surface area (Å²) >= 11 is -0.0365. The van der Waals surface area contributed by atoms with Crippen LogP contribution in [-0.4, -0.2) is 22.8 Å². The highest BCUT2D eigenvalue weighted by molar-refractivity contribution is 8.00. The minimum absolute atomic E-state index is 0.0117. The predicted octanol–water partition coefficient (Wildman–Crippen LogP) is 2.63. The Balaban J connectivity index is 2.16. The van der Waals surface area contributed by atoms with E-state index in [1.165, 1.54) is 0 Å². The monoisotopic (exact) mass is 254 g/mol. The molecular formula is C9H13F3N2OS. The summed E-state index contributed by atoms with van der Waals surface area (Å²) in [6.45, 7) is 4.24. The van der Waals surface area contributed by atoms with Crippen molar-refractivity contribution in [3.05, 3.63) is 17.3 Å². The molecule has 0 fully saturated rings. The molecule has 0 aliphatic rings. The molecule has 16 heavy (non-hydrogen) atoms. The van der Waals surface area contributed by atoms with Crippen LogP contribution in [0.4, 0.5) is 13.2 Å². The third-order valence-corrected chi connectivity index (χ3v) is 2.63. The Morgan fingerprint density at radius 1 is 1.38 bits per heavy atom. The number of nitrogens with one attached hydrogen (secondary N) is 1. The first-order valence-electron chi connectivity index (χ1n) is 4.73. The number of rotatable bonds is 5. The zero-order valence-electron chi connectivity index (χ0n) is 9.02. The van der Waals surface area contributed by atoms with Crippen LogP contribution in [0.5, 0.6) is 0 Å². The Morgan fingerprint density at radius 2 is 2.06 bits per heavy atom. The van der Waals surface area contributed by atoms with Gasteiger partial charge in [0.25, 0.3) is 0 Å². The molecular weight excluding hydrogens is 241 g/mol. The topological polar surface area (TPSA) is 38.1 Å². The van der Waals surface area contributed by atoms with Crippen molar-refractivity contribution in [2.75, 3.05) is 12.3 Å². The number of halogens is 3. The second-order valence-corrected chi connectivity index (χ2v) is 4.38. The number of alkyl halides is 3. The molecule has 1 aromatic heterocycles. The highest BCUT2D eigenvalue weighted by Crippen LogP contribution is 2.29. The highest BCUT2D eigenvalue weighted by atomic mass is 32.2. The summed E-state index contributed by atoms with van der Waals surface area (Å²) < 4.78 is 40.6. The molecule has 0 saturated heterocycles. The maximum Gasteiger partial charge on any atom is 0.441 e. The average molecular weight is 254 g/mol. The molecule has 92 valence electrons. The van der Waals surface area contributed by atoms with Gasteiger partial charge in [-0.3, -0.25) is 0 Å². The van der Waals surface area contributed by atoms with Crippen molar-refractivity contribution in [1.82, 2.24) is 10.3 Å². The molecule has 0 spiro atoms. The molecule has 1 heterocycles. The number of aromatic nitrogens is 1. The molecule has 0 amide bonds. The van der Waals surface area contributed by atoms with Crippen molar-refractivity contribution in [2.24, 2.45) is 0 Å². The molecule has 1 rings (SSSR count). The van der Waals surface area contributed by atoms with E-state index in [0.717, 1.165) is 11.5 Å². The van der Waals surface area contributed by atoms with Gasteiger partial charge in [0.2, 0.25) is 5.89 Å². The van der Waals surface area contributed by atoms with E-state index in [0.29, 0.717) is 12.4 Å². The van der Waals surface area contributed by atoms with Crippen molar-refractivity contribution in [3.63, 3.8) is 0 Å². The van der Waals surface area contributed by atoms with Crippen LogP contribution >= 0.6 is 11.8 Å². The molecule has 0 atom stereocenters. The smallest absolute Gasteiger partial charge is 0.441 e. The van der Waals surface area contributed by atoms with Gasteiger partial charge in [-0.15, -0.1) is 0 Å². The van der Waals surface area contributed by atoms with Gasteiger partial charge in [-0.25, -0.2) is 4.98 Å². The van der Waals surface area contributed by atoms with Gasteiger partial charge in [0.1, 0.15) is 5.76 Å². The summed E-state index contributed by atoms with van der Waals surface area (Å²) in [4.78, 5) is 4.10. The summed E-state index contributed by atoms with van der Waals surface area (Å²) in [5, 5.41) is 2.84. The van der Waals surface area contributed by atoms with Crippen LogP contribution in [-0.2, 0) is 6.54 Å². The van der Waals surface area contributed by atoms with Gasteiger partial charge in [-0.05, 0) is 25.6 Å². The quantitative estimate of drug-likeness (QED) is 0.820. The third kappa shape index (κ3) is 4.89. The largest absolute Gasteiger partial charge is 0.444 e. The number of thioether (sulfide) groups is 1. The van der Waals surface area contributed by atoms with Crippen molar-refractivity contribution < 1.29 is 17.6 Å². The van der Waals surface area contributed by atoms with Crippen molar-refractivity contribution in [1.29, 1.82) is 0 Å². The Hall–Kier alpha value is -0.690. The standard InChI is InChI=1S/C9H13F3N2OS/c1-6-7(2)15-8(14-6)5-13-3-4-16-9(10,11)12/h13H,3-5H2,1-2H3. The van der Waals surface area contributed by atoms with Gasteiger partial charge in [-0.1, -0.05) is 0 Å². The Labute approximate surface area is 95.8 Å². The van der Waals surface area contributed by atoms with Gasteiger partial charge in [-0.2, -0.15) is 13.2 Å². The lowest BCUT2D eigenvalue weighted by molar-refractivity contribution is -0.0327. The highest BCUT2D eigenvalue weighted by Gasteiger charge is 2.27. The minimum atomic E-state index is -4.15. The van der Waals surface area contributed by atoms with Crippen LogP contribution in [0.15, 0.2) is 4.42 Å². The molecule has 0 bridgehead atoms. The zero-order valence-corrected chi connectivity index (χ0v) is 9.84. The van der Waals surface area contributed by atoms with Crippen LogP contribution < -0.4 is 5.32 Å². The molecule has 0 aliphatic heterocycles. The molecule has 1 N–H and O–H groups in total. The summed E-state index contributed by atoms with van der Waals surface area (Å²) in [7, 11) is 0. The lowest BCUT2D eigenvalue weighted by atomic mass is 10.4. The summed E-state index contributed by atoms with van der Waals surface area (Å²) in [5.74, 6) is 1.23. The fourth-order valence-electron chi connectivity index (χ4n) is 1.05. The lowest BCUT2D eigenvalue weighted by Gasteiger charge is -2.05. The predicted molar refractivity (Wildman–Crippen MR) is 56.2 cm³/mol. The van der Waals surface area contributed by atoms with Crippen molar-refractivity contribution in [3.8, 4) is 0 Å². The van der Waals surface area contributed by atoms with E-state index in [2.05, 4.69) is 10.3 Å². The normalized spacial score (nSPS) is 12.1. The second kappa shape index (κ2) is 5.58. The van der Waals surface area contributed by atoms with E-state index in [9.17, 15) is 13.2 Å². The number of hydrogen-bond acceptors (Lipinski definition) is 4. The Kier molecular flexibility index (Phi) is 4.67. The van der Waals surface area contributed by atoms with Crippen molar-refractivity contribution in [2.45, 2.75) is 25.9 Å². The summed E-state index contributed by atoms with van der Waals surface area (Å²) in [5.41, 5.74) is -3.35. The number of oxazole rings is 1. The molecule has 7 heteroatoms. The summed E-state index contributed by atoms with van der Waals surface area (Å²) in [6.07, 6.45) is 0. The van der Waals surface area contributed by atoms with E-state index in [-0.39, 0.29) is 24.1 Å². The number of nitrogens with zero attached hydrogens (tertiary/aromatic N) is 1. The molecule has 0 aromatic carbocycles. The van der Waals surface area contributed by atoms with Crippen LogP contribution in [0.3, 0.4) is 0 Å². The molecule has 0 aliphatic carbocycles. The molecule has 0 saturated carbocycles. The van der Waals surface area contributed by atoms with E-state index in [4.69, 9.17) is 4.42 Å². The Morgan fingerprint density at radius 3 is 2.56 bits per heavy atom. The molecule has 1 aromatic rings. The van der Waals surface area contributed by atoms with Crippen LogP contribution in [0.1, 0.15) is 17.3 Å². The second-order valence-electron chi connectivity index (χ2n) is 3.22. The number of hydrogen-bond donors (Lipinski definition) is 1. The maximum atomic E-state index is 11.8. The zero-order chi connectivity index (χ0) is 12.2. The van der Waals surface area contributed by atoms with Crippen molar-refractivity contribution >= 4 is 11.8 Å². The molecule has 3 nitrogen and oxygen atoms in total. The first kappa shape index (κ1) is 13.4. The van der Waals surface area contributed by atoms with Gasteiger partial charge >= 0.3 is 5.51 Å². The van der Waals surface area contributed by atoms with Gasteiger partial charge in [0.05, 0.1) is 12.2 Å². The lowest BCUT2D eigenvalue weighted by Crippen LogP contribution is -2.18. The third-order valence-electron chi connectivity index (χ3n) is 1.89. The van der Waals surface area contributed by atoms with Gasteiger partial charge in [0.15, 0.2) is 0 Å². The van der Waals surface area contributed by atoms with E-state index < -0.39 is 5.51 Å². The summed E-state index contributed by atoms with van der Waals surface area (Å²) in [6, 6.07) is 0. The first-order valence-corrected chi connectivity index (χ1v) is 5.71. The van der Waals surface area contributed by atoms with Gasteiger partial charge in [0, 0.05) is 12.3 Å². The first-order chi connectivity index (χ1) is 7.38. The molecule has 0 radical (unpaired) electrons. The van der Waals surface area contributed by atoms with E-state index in [1.54, 1.807) is 6.92 Å². The number of aryl methyl sites for hydroxylation is 2. The molecule has 0 unspecified atom stereocenters. The minimum Gasteiger partial charge on any atom is -0.444 e. The van der Waals surface area contributed by atoms with Crippen LogP contribution in [0.2, 0.25) is 0 Å². The van der Waals surface area contributed by atoms with Crippen LogP contribution in [0.25, 0.3) is 0 Å². The fourth-order valence-corrected chi connectivity index (χ4v) is 1.53. The SMILES string of the molecule is Cc1nc(CNCCSC(F)(F)F)oc1C. The van der Waals surface area contributed by atoms with E-state index >= 15 is 0 Å².